The van der Waals surface area contributed by atoms with Crippen molar-refractivity contribution in [2.45, 2.75) is 25.1 Å². The van der Waals surface area contributed by atoms with Gasteiger partial charge in [0.05, 0.1) is 24.7 Å². The number of nitrogens with zero attached hydrogens (tertiary/aromatic N) is 1. The summed E-state index contributed by atoms with van der Waals surface area (Å²) in [5, 5.41) is 9.27. The smallest absolute Gasteiger partial charge is 0.310 e. The van der Waals surface area contributed by atoms with Crippen molar-refractivity contribution in [2.75, 3.05) is 6.61 Å². The van der Waals surface area contributed by atoms with Gasteiger partial charge in [0.15, 0.2) is 0 Å². The van der Waals surface area contributed by atoms with Crippen LogP contribution >= 0.6 is 15.9 Å². The van der Waals surface area contributed by atoms with E-state index in [1.54, 1.807) is 6.92 Å². The highest BCUT2D eigenvalue weighted by Gasteiger charge is 2.18. The second kappa shape index (κ2) is 7.19. The summed E-state index contributed by atoms with van der Waals surface area (Å²) in [7, 11) is 0. The van der Waals surface area contributed by atoms with Gasteiger partial charge in [-0.2, -0.15) is 5.26 Å². The van der Waals surface area contributed by atoms with Crippen LogP contribution in [0.5, 0.6) is 0 Å². The van der Waals surface area contributed by atoms with E-state index in [1.165, 1.54) is 12.1 Å². The van der Waals surface area contributed by atoms with Gasteiger partial charge in [0.2, 0.25) is 0 Å². The Kier molecular flexibility index (Phi) is 5.90. The van der Waals surface area contributed by atoms with Gasteiger partial charge in [0, 0.05) is 10.9 Å². The Morgan fingerprint density at radius 2 is 2.16 bits per heavy atom. The number of benzene rings is 1. The van der Waals surface area contributed by atoms with E-state index in [9.17, 15) is 13.6 Å². The molecule has 0 aliphatic rings. The zero-order chi connectivity index (χ0) is 14.4. The molecule has 102 valence electrons. The van der Waals surface area contributed by atoms with Crippen LogP contribution in [-0.2, 0) is 21.3 Å². The van der Waals surface area contributed by atoms with Gasteiger partial charge in [-0.05, 0) is 30.2 Å². The van der Waals surface area contributed by atoms with Crippen molar-refractivity contribution in [1.82, 2.24) is 0 Å². The van der Waals surface area contributed by atoms with Crippen molar-refractivity contribution >= 4 is 21.9 Å². The Labute approximate surface area is 118 Å². The maximum atomic E-state index is 13.0. The molecule has 0 radical (unpaired) electrons. The van der Waals surface area contributed by atoms with E-state index in [4.69, 9.17) is 10.00 Å². The van der Waals surface area contributed by atoms with Crippen LogP contribution in [0.4, 0.5) is 8.78 Å². The minimum Gasteiger partial charge on any atom is -0.466 e. The summed E-state index contributed by atoms with van der Waals surface area (Å²) in [6.45, 7) is 1.83. The van der Waals surface area contributed by atoms with Crippen LogP contribution < -0.4 is 0 Å². The van der Waals surface area contributed by atoms with E-state index in [0.717, 1.165) is 0 Å². The molecule has 0 atom stereocenters. The van der Waals surface area contributed by atoms with E-state index in [0.29, 0.717) is 10.9 Å². The van der Waals surface area contributed by atoms with Gasteiger partial charge < -0.3 is 4.74 Å². The minimum atomic E-state index is -2.70. The van der Waals surface area contributed by atoms with Gasteiger partial charge >= 0.3 is 5.97 Å². The molecule has 19 heavy (non-hydrogen) atoms. The molecule has 1 aromatic rings. The molecule has 0 saturated heterocycles. The Hall–Kier alpha value is -1.48. The molecule has 0 amide bonds. The third-order valence-corrected chi connectivity index (χ3v) is 3.11. The summed E-state index contributed by atoms with van der Waals surface area (Å²) in [6.07, 6.45) is -2.96. The van der Waals surface area contributed by atoms with Crippen LogP contribution in [0, 0.1) is 11.3 Å². The number of hydrogen-bond acceptors (Lipinski definition) is 3. The average molecular weight is 332 g/mol. The first-order chi connectivity index (χ1) is 9.03. The molecule has 0 aromatic heterocycles. The molecule has 0 heterocycles. The third-order valence-electron chi connectivity index (χ3n) is 2.50. The van der Waals surface area contributed by atoms with E-state index in [1.807, 2.05) is 6.07 Å². The Morgan fingerprint density at radius 3 is 2.63 bits per heavy atom. The molecule has 0 saturated carbocycles. The lowest BCUT2D eigenvalue weighted by Crippen LogP contribution is -2.10. The maximum absolute atomic E-state index is 13.0. The zero-order valence-electron chi connectivity index (χ0n) is 10.3. The molecule has 0 aliphatic carbocycles. The fourth-order valence-electron chi connectivity index (χ4n) is 1.65. The van der Waals surface area contributed by atoms with Gasteiger partial charge in [0.25, 0.3) is 6.43 Å². The van der Waals surface area contributed by atoms with Crippen LogP contribution in [0.1, 0.15) is 35.6 Å². The summed E-state index contributed by atoms with van der Waals surface area (Å²) in [5.74, 6) is -0.583. The molecular weight excluding hydrogens is 320 g/mol. The first-order valence-corrected chi connectivity index (χ1v) is 6.71. The Bertz CT molecular complexity index is 512. The number of halogens is 3. The third kappa shape index (κ3) is 4.00. The number of ether oxygens (including phenoxy) is 1. The fraction of sp³-hybridized carbons (Fsp3) is 0.385. The van der Waals surface area contributed by atoms with Crippen molar-refractivity contribution in [2.24, 2.45) is 0 Å². The SMILES string of the molecule is CCOC(=O)Cc1cc(C#N)c(CBr)cc1C(F)F. The molecule has 1 rings (SSSR count). The van der Waals surface area contributed by atoms with Crippen LogP contribution in [0.15, 0.2) is 12.1 Å². The van der Waals surface area contributed by atoms with Crippen molar-refractivity contribution in [3.8, 4) is 6.07 Å². The fourth-order valence-corrected chi connectivity index (χ4v) is 2.11. The first-order valence-electron chi connectivity index (χ1n) is 5.59. The molecule has 3 nitrogen and oxygen atoms in total. The van der Waals surface area contributed by atoms with Crippen molar-refractivity contribution in [3.63, 3.8) is 0 Å². The maximum Gasteiger partial charge on any atom is 0.310 e. The number of carbonyl (C=O) groups is 1. The predicted octanol–water partition coefficient (Wildman–Crippen LogP) is 3.50. The zero-order valence-corrected chi connectivity index (χ0v) is 11.8. The minimum absolute atomic E-state index is 0.134. The van der Waals surface area contributed by atoms with Crippen LogP contribution in [0.3, 0.4) is 0 Å². The molecule has 0 aliphatic heterocycles. The summed E-state index contributed by atoms with van der Waals surface area (Å²) >= 11 is 3.15. The summed E-state index contributed by atoms with van der Waals surface area (Å²) in [4.78, 5) is 11.4. The number of rotatable bonds is 5. The van der Waals surface area contributed by atoms with Crippen molar-refractivity contribution in [3.05, 3.63) is 34.4 Å². The second-order valence-corrected chi connectivity index (χ2v) is 4.30. The summed E-state index contributed by atoms with van der Waals surface area (Å²) < 4.78 is 30.7. The van der Waals surface area contributed by atoms with E-state index in [-0.39, 0.29) is 29.7 Å². The molecule has 6 heteroatoms. The first kappa shape index (κ1) is 15.6. The Balaban J connectivity index is 3.21. The highest BCUT2D eigenvalue weighted by molar-refractivity contribution is 9.08. The molecule has 0 spiro atoms. The van der Waals surface area contributed by atoms with Gasteiger partial charge in [-0.3, -0.25) is 4.79 Å². The lowest BCUT2D eigenvalue weighted by Gasteiger charge is -2.11. The molecule has 1 aromatic carbocycles. The second-order valence-electron chi connectivity index (χ2n) is 3.74. The van der Waals surface area contributed by atoms with Crippen LogP contribution in [0.2, 0.25) is 0 Å². The monoisotopic (exact) mass is 331 g/mol. The molecule has 0 unspecified atom stereocenters. The molecular formula is C13H12BrF2NO2. The average Bonchev–Trinajstić information content (AvgIpc) is 2.38. The largest absolute Gasteiger partial charge is 0.466 e. The van der Waals surface area contributed by atoms with Crippen molar-refractivity contribution < 1.29 is 18.3 Å². The predicted molar refractivity (Wildman–Crippen MR) is 69.1 cm³/mol. The number of esters is 1. The van der Waals surface area contributed by atoms with Crippen molar-refractivity contribution in [1.29, 1.82) is 5.26 Å². The lowest BCUT2D eigenvalue weighted by molar-refractivity contribution is -0.142. The van der Waals surface area contributed by atoms with E-state index in [2.05, 4.69) is 15.9 Å². The van der Waals surface area contributed by atoms with E-state index < -0.39 is 12.4 Å². The highest BCUT2D eigenvalue weighted by Crippen LogP contribution is 2.28. The Morgan fingerprint density at radius 1 is 1.47 bits per heavy atom. The van der Waals surface area contributed by atoms with Gasteiger partial charge in [0.1, 0.15) is 0 Å². The standard InChI is InChI=1S/C13H12BrF2NO2/c1-2-19-12(18)5-8-3-10(7-17)9(6-14)4-11(8)13(15)16/h3-4,13H,2,5-6H2,1H3. The molecule has 0 N–H and O–H groups in total. The molecule has 0 fully saturated rings. The number of alkyl halides is 3. The summed E-state index contributed by atoms with van der Waals surface area (Å²) in [6, 6.07) is 4.52. The number of nitriles is 1. The number of carbonyl (C=O) groups excluding carboxylic acids is 1. The molecule has 0 bridgehead atoms. The normalized spacial score (nSPS) is 10.3. The van der Waals surface area contributed by atoms with Gasteiger partial charge in [-0.1, -0.05) is 15.9 Å². The number of hydrogen-bond donors (Lipinski definition) is 0. The topological polar surface area (TPSA) is 50.1 Å². The van der Waals surface area contributed by atoms with E-state index >= 15 is 0 Å². The van der Waals surface area contributed by atoms with Gasteiger partial charge in [-0.25, -0.2) is 8.78 Å². The quantitative estimate of drug-likeness (QED) is 0.613. The lowest BCUT2D eigenvalue weighted by atomic mass is 9.98. The summed E-state index contributed by atoms with van der Waals surface area (Å²) in [5.41, 5.74) is 0.655. The van der Waals surface area contributed by atoms with Gasteiger partial charge in [-0.15, -0.1) is 0 Å². The highest BCUT2D eigenvalue weighted by atomic mass is 79.9. The van der Waals surface area contributed by atoms with Crippen LogP contribution in [0.25, 0.3) is 0 Å². The van der Waals surface area contributed by atoms with Crippen LogP contribution in [-0.4, -0.2) is 12.6 Å².